The summed E-state index contributed by atoms with van der Waals surface area (Å²) in [7, 11) is -4.00. The molecule has 248 valence electrons. The lowest BCUT2D eigenvalue weighted by atomic mass is 9.62. The van der Waals surface area contributed by atoms with Crippen molar-refractivity contribution in [3.05, 3.63) is 94.5 Å². The number of sulfonamides is 1. The predicted octanol–water partition coefficient (Wildman–Crippen LogP) is 5.56. The van der Waals surface area contributed by atoms with Gasteiger partial charge in [-0.25, -0.2) is 23.1 Å². The third-order valence-electron chi connectivity index (χ3n) is 11.2. The fourth-order valence-corrected chi connectivity index (χ4v) is 9.57. The minimum Gasteiger partial charge on any atom is -0.490 e. The summed E-state index contributed by atoms with van der Waals surface area (Å²) in [6, 6.07) is 11.3. The van der Waals surface area contributed by atoms with Crippen LogP contribution < -0.4 is 14.4 Å². The third-order valence-corrected chi connectivity index (χ3v) is 13.3. The van der Waals surface area contributed by atoms with Crippen molar-refractivity contribution in [1.82, 2.24) is 14.7 Å². The molecule has 2 aliphatic heterocycles. The minimum absolute atomic E-state index is 0.114. The number of carbonyl (C=O) groups excluding carboxylic acids is 1. The summed E-state index contributed by atoms with van der Waals surface area (Å²) >= 11 is 6.43. The van der Waals surface area contributed by atoms with Crippen LogP contribution in [0.2, 0.25) is 5.02 Å². The number of ether oxygens (including phenoxy) is 1. The molecule has 0 unspecified atom stereocenters. The van der Waals surface area contributed by atoms with Crippen molar-refractivity contribution in [3.8, 4) is 5.75 Å². The van der Waals surface area contributed by atoms with Crippen molar-refractivity contribution in [2.24, 2.45) is 17.8 Å². The van der Waals surface area contributed by atoms with Crippen molar-refractivity contribution in [2.75, 3.05) is 24.6 Å². The molecule has 6 atom stereocenters. The van der Waals surface area contributed by atoms with E-state index in [4.69, 9.17) is 16.3 Å². The zero-order valence-corrected chi connectivity index (χ0v) is 28.3. The summed E-state index contributed by atoms with van der Waals surface area (Å²) in [5.41, 5.74) is 2.41. The topological polar surface area (TPSA) is 122 Å². The highest BCUT2D eigenvalue weighted by atomic mass is 35.5. The largest absolute Gasteiger partial charge is 0.490 e. The van der Waals surface area contributed by atoms with Crippen molar-refractivity contribution < 1.29 is 23.1 Å². The molecule has 9 nitrogen and oxygen atoms in total. The molecule has 0 radical (unpaired) electrons. The first-order valence-electron chi connectivity index (χ1n) is 16.5. The van der Waals surface area contributed by atoms with E-state index >= 15 is 0 Å². The van der Waals surface area contributed by atoms with E-state index in [0.717, 1.165) is 37.8 Å². The lowest BCUT2D eigenvalue weighted by Gasteiger charge is -2.49. The Morgan fingerprint density at radius 2 is 1.91 bits per heavy atom. The average Bonchev–Trinajstić information content (AvgIpc) is 3.19. The van der Waals surface area contributed by atoms with Crippen LogP contribution in [0.5, 0.6) is 5.75 Å². The number of carbonyl (C=O) groups is 1. The maximum atomic E-state index is 13.5. The quantitative estimate of drug-likeness (QED) is 0.322. The van der Waals surface area contributed by atoms with Gasteiger partial charge in [0.15, 0.2) is 0 Å². The number of benzene rings is 2. The average molecular weight is 677 g/mol. The van der Waals surface area contributed by atoms with Crippen molar-refractivity contribution in [3.63, 3.8) is 0 Å². The maximum absolute atomic E-state index is 13.5. The lowest BCUT2D eigenvalue weighted by molar-refractivity contribution is -0.0504. The summed E-state index contributed by atoms with van der Waals surface area (Å²) < 4.78 is 35.7. The van der Waals surface area contributed by atoms with Gasteiger partial charge in [-0.2, -0.15) is 0 Å². The first-order chi connectivity index (χ1) is 22.5. The standard InChI is InChI=1S/C36H41ClN4O5S/c1-23-5-3-14-36(43,28-17-38-22-39-18-28)31-10-7-27(31)19-41-20-35(13-4-6-25-15-29(37)9-11-30(25)35)21-46-33-12-8-26(16-32(33)41)34(42)40-47(44,45)24(23)2/h3,8-9,11-12,14-18,22-24,27,31,43H,4-7,10,13,19-21H2,1-2H3,(H,40,42)/b14-3-/t23-,24+,27-,31+,35-,36-/m0/s1. The molecule has 1 aromatic heterocycles. The molecule has 3 heterocycles. The van der Waals surface area contributed by atoms with Crippen molar-refractivity contribution in [2.45, 2.75) is 68.6 Å². The second-order valence-corrected chi connectivity index (χ2v) is 16.5. The Kier molecular flexibility index (Phi) is 8.33. The first-order valence-corrected chi connectivity index (χ1v) is 18.4. The zero-order chi connectivity index (χ0) is 33.0. The molecule has 7 rings (SSSR count). The van der Waals surface area contributed by atoms with Crippen LogP contribution in [0, 0.1) is 17.8 Å². The monoisotopic (exact) mass is 676 g/mol. The molecule has 2 aromatic carbocycles. The molecule has 1 saturated carbocycles. The number of hydrogen-bond donors (Lipinski definition) is 2. The molecule has 2 N–H and O–H groups in total. The van der Waals surface area contributed by atoms with Crippen LogP contribution in [0.15, 0.2) is 67.3 Å². The fourth-order valence-electron chi connectivity index (χ4n) is 8.09. The van der Waals surface area contributed by atoms with Gasteiger partial charge in [0.25, 0.3) is 5.91 Å². The minimum atomic E-state index is -4.00. The summed E-state index contributed by atoms with van der Waals surface area (Å²) in [5.74, 6) is -0.345. The van der Waals surface area contributed by atoms with Gasteiger partial charge >= 0.3 is 0 Å². The fraction of sp³-hybridized carbons (Fsp3) is 0.472. The molecule has 4 aliphatic rings. The van der Waals surface area contributed by atoms with E-state index in [1.807, 2.05) is 25.1 Å². The molecule has 47 heavy (non-hydrogen) atoms. The second-order valence-electron chi connectivity index (χ2n) is 14.0. The molecule has 1 spiro atoms. The van der Waals surface area contributed by atoms with Crippen LogP contribution in [0.3, 0.4) is 0 Å². The Labute approximate surface area is 281 Å². The zero-order valence-electron chi connectivity index (χ0n) is 26.7. The number of rotatable bonds is 1. The van der Waals surface area contributed by atoms with Gasteiger partial charge < -0.3 is 14.7 Å². The van der Waals surface area contributed by atoms with Crippen LogP contribution >= 0.6 is 11.6 Å². The Hall–Kier alpha value is -3.47. The number of fused-ring (bicyclic) bond motifs is 4. The van der Waals surface area contributed by atoms with Gasteiger partial charge in [0, 0.05) is 53.0 Å². The molecule has 3 aromatic rings. The molecular weight excluding hydrogens is 636 g/mol. The molecule has 11 heteroatoms. The van der Waals surface area contributed by atoms with E-state index in [9.17, 15) is 18.3 Å². The number of anilines is 1. The second kappa shape index (κ2) is 12.2. The van der Waals surface area contributed by atoms with Crippen LogP contribution in [-0.4, -0.2) is 54.3 Å². The molecule has 2 aliphatic carbocycles. The Morgan fingerprint density at radius 3 is 2.68 bits per heavy atom. The normalized spacial score (nSPS) is 32.5. The van der Waals surface area contributed by atoms with E-state index in [2.05, 4.69) is 31.7 Å². The first kappa shape index (κ1) is 32.1. The highest BCUT2D eigenvalue weighted by Gasteiger charge is 2.49. The van der Waals surface area contributed by atoms with Gasteiger partial charge in [-0.1, -0.05) is 36.7 Å². The Morgan fingerprint density at radius 1 is 1.11 bits per heavy atom. The molecule has 1 fully saturated rings. The number of nitrogens with one attached hydrogen (secondary N) is 1. The van der Waals surface area contributed by atoms with E-state index < -0.39 is 26.8 Å². The number of halogens is 1. The summed E-state index contributed by atoms with van der Waals surface area (Å²) in [6.45, 7) is 5.16. The Bertz CT molecular complexity index is 1820. The van der Waals surface area contributed by atoms with Crippen LogP contribution in [-0.2, 0) is 27.5 Å². The SMILES string of the molecule is C[C@@H]1[C@@H](C)C/C=C\[C@](O)(c2cncnc2)[C@@H]2CC[C@H]2CN2C[C@@]3(CCCc4cc(Cl)ccc43)COc3ccc(cc32)C(=O)NS1(=O)=O. The highest BCUT2D eigenvalue weighted by molar-refractivity contribution is 7.90. The highest BCUT2D eigenvalue weighted by Crippen LogP contribution is 2.50. The van der Waals surface area contributed by atoms with E-state index in [1.54, 1.807) is 37.5 Å². The van der Waals surface area contributed by atoms with Gasteiger partial charge in [-0.3, -0.25) is 4.79 Å². The van der Waals surface area contributed by atoms with Gasteiger partial charge in [-0.05, 0) is 98.7 Å². The number of allylic oxidation sites excluding steroid dienone is 1. The maximum Gasteiger partial charge on any atom is 0.264 e. The number of aryl methyl sites for hydroxylation is 1. The van der Waals surface area contributed by atoms with Crippen LogP contribution in [0.4, 0.5) is 5.69 Å². The van der Waals surface area contributed by atoms with Gasteiger partial charge in [0.2, 0.25) is 10.0 Å². The number of aromatic nitrogens is 2. The number of hydrogen-bond acceptors (Lipinski definition) is 8. The van der Waals surface area contributed by atoms with Crippen LogP contribution in [0.1, 0.15) is 73.0 Å². The number of nitrogens with zero attached hydrogens (tertiary/aromatic N) is 3. The van der Waals surface area contributed by atoms with E-state index in [0.29, 0.717) is 42.5 Å². The molecular formula is C36H41ClN4O5S. The molecule has 2 bridgehead atoms. The van der Waals surface area contributed by atoms with Crippen molar-refractivity contribution >= 4 is 33.2 Å². The van der Waals surface area contributed by atoms with Gasteiger partial charge in [0.1, 0.15) is 17.7 Å². The van der Waals surface area contributed by atoms with Crippen molar-refractivity contribution in [1.29, 1.82) is 0 Å². The summed E-state index contributed by atoms with van der Waals surface area (Å²) in [4.78, 5) is 24.2. The lowest BCUT2D eigenvalue weighted by Crippen LogP contribution is -2.51. The smallest absolute Gasteiger partial charge is 0.264 e. The predicted molar refractivity (Wildman–Crippen MR) is 181 cm³/mol. The van der Waals surface area contributed by atoms with Gasteiger partial charge in [-0.15, -0.1) is 0 Å². The van der Waals surface area contributed by atoms with Gasteiger partial charge in [0.05, 0.1) is 17.5 Å². The third kappa shape index (κ3) is 5.82. The van der Waals surface area contributed by atoms with E-state index in [-0.39, 0.29) is 28.7 Å². The van der Waals surface area contributed by atoms with E-state index in [1.165, 1.54) is 17.5 Å². The number of aliphatic hydroxyl groups is 1. The molecule has 1 amide bonds. The number of amides is 1. The Balaban J connectivity index is 1.35. The van der Waals surface area contributed by atoms with Crippen LogP contribution in [0.25, 0.3) is 0 Å². The summed E-state index contributed by atoms with van der Waals surface area (Å²) in [6.07, 6.45) is 13.5. The summed E-state index contributed by atoms with van der Waals surface area (Å²) in [5, 5.41) is 12.3. The molecule has 0 saturated heterocycles.